The van der Waals surface area contributed by atoms with Crippen molar-refractivity contribution in [3.8, 4) is 0 Å². The lowest BCUT2D eigenvalue weighted by Gasteiger charge is -2.21. The summed E-state index contributed by atoms with van der Waals surface area (Å²) >= 11 is 4.89. The number of thiocarbonyl (C=S) groups is 1. The van der Waals surface area contributed by atoms with Gasteiger partial charge in [0.2, 0.25) is 5.91 Å². The third-order valence-electron chi connectivity index (χ3n) is 3.12. The van der Waals surface area contributed by atoms with Crippen LogP contribution in [0.15, 0.2) is 6.07 Å². The predicted molar refractivity (Wildman–Crippen MR) is 79.9 cm³/mol. The number of nitrogens with two attached hydrogens (primary N) is 1. The number of hydrogen-bond donors (Lipinski definition) is 2. The average molecular weight is 282 g/mol. The van der Waals surface area contributed by atoms with Gasteiger partial charge in [-0.05, 0) is 40.2 Å². The molecular weight excluding hydrogens is 260 g/mol. The summed E-state index contributed by atoms with van der Waals surface area (Å²) in [5, 5.41) is 7.22. The number of hydrogen-bond acceptors (Lipinski definition) is 3. The van der Waals surface area contributed by atoms with Crippen molar-refractivity contribution in [2.45, 2.75) is 40.7 Å². The molecule has 1 heterocycles. The Bertz CT molecular complexity index is 479. The van der Waals surface area contributed by atoms with Crippen molar-refractivity contribution in [2.24, 2.45) is 11.1 Å². The van der Waals surface area contributed by atoms with Gasteiger partial charge in [0.15, 0.2) is 0 Å². The van der Waals surface area contributed by atoms with Crippen LogP contribution in [0.4, 0.5) is 0 Å². The molecule has 0 aliphatic rings. The molecule has 1 rings (SSSR count). The standard InChI is InChI=1S/C13H22N4OS/c1-9-8-10(2)17(16-9)7-5-6-15-12(18)13(3,4)11(14)19/h8H,5-7H2,1-4H3,(H2,14,19)(H,15,18). The fraction of sp³-hybridized carbons (Fsp3) is 0.615. The fourth-order valence-corrected chi connectivity index (χ4v) is 1.76. The minimum Gasteiger partial charge on any atom is -0.392 e. The van der Waals surface area contributed by atoms with Crippen molar-refractivity contribution in [2.75, 3.05) is 6.54 Å². The van der Waals surface area contributed by atoms with E-state index in [2.05, 4.69) is 10.4 Å². The summed E-state index contributed by atoms with van der Waals surface area (Å²) < 4.78 is 1.94. The van der Waals surface area contributed by atoms with Crippen molar-refractivity contribution in [1.29, 1.82) is 0 Å². The second-order valence-electron chi connectivity index (χ2n) is 5.25. The van der Waals surface area contributed by atoms with Gasteiger partial charge in [0, 0.05) is 18.8 Å². The number of nitrogens with one attached hydrogen (secondary N) is 1. The van der Waals surface area contributed by atoms with E-state index in [9.17, 15) is 4.79 Å². The van der Waals surface area contributed by atoms with Gasteiger partial charge < -0.3 is 11.1 Å². The second kappa shape index (κ2) is 6.14. The average Bonchev–Trinajstić information content (AvgIpc) is 2.62. The first-order valence-corrected chi connectivity index (χ1v) is 6.75. The first-order valence-electron chi connectivity index (χ1n) is 6.34. The molecule has 0 aliphatic heterocycles. The summed E-state index contributed by atoms with van der Waals surface area (Å²) in [5.41, 5.74) is 6.89. The van der Waals surface area contributed by atoms with Gasteiger partial charge in [-0.1, -0.05) is 12.2 Å². The van der Waals surface area contributed by atoms with E-state index in [-0.39, 0.29) is 10.9 Å². The monoisotopic (exact) mass is 282 g/mol. The van der Waals surface area contributed by atoms with E-state index in [0.717, 1.165) is 24.4 Å². The van der Waals surface area contributed by atoms with E-state index >= 15 is 0 Å². The lowest BCUT2D eigenvalue weighted by Crippen LogP contribution is -2.45. The molecule has 1 aromatic heterocycles. The molecule has 6 heteroatoms. The van der Waals surface area contributed by atoms with Gasteiger partial charge >= 0.3 is 0 Å². The lowest BCUT2D eigenvalue weighted by atomic mass is 9.92. The van der Waals surface area contributed by atoms with Crippen LogP contribution in [0.25, 0.3) is 0 Å². The molecule has 0 fully saturated rings. The topological polar surface area (TPSA) is 72.9 Å². The van der Waals surface area contributed by atoms with E-state index in [0.29, 0.717) is 6.54 Å². The minimum atomic E-state index is -0.798. The highest BCUT2D eigenvalue weighted by molar-refractivity contribution is 7.80. The molecule has 0 aromatic carbocycles. The first-order chi connectivity index (χ1) is 8.75. The van der Waals surface area contributed by atoms with Crippen molar-refractivity contribution < 1.29 is 4.79 Å². The second-order valence-corrected chi connectivity index (χ2v) is 5.69. The molecule has 3 N–H and O–H groups in total. The lowest BCUT2D eigenvalue weighted by molar-refractivity contribution is -0.126. The van der Waals surface area contributed by atoms with E-state index in [1.807, 2.05) is 24.6 Å². The van der Waals surface area contributed by atoms with Gasteiger partial charge in [-0.15, -0.1) is 0 Å². The molecule has 0 aliphatic carbocycles. The van der Waals surface area contributed by atoms with E-state index < -0.39 is 5.41 Å². The third kappa shape index (κ3) is 4.02. The Morgan fingerprint density at radius 3 is 2.63 bits per heavy atom. The molecule has 0 saturated carbocycles. The summed E-state index contributed by atoms with van der Waals surface area (Å²) in [5.74, 6) is -0.131. The highest BCUT2D eigenvalue weighted by Gasteiger charge is 2.30. The molecule has 106 valence electrons. The quantitative estimate of drug-likeness (QED) is 0.609. The van der Waals surface area contributed by atoms with Crippen LogP contribution in [0.3, 0.4) is 0 Å². The van der Waals surface area contributed by atoms with Crippen LogP contribution in [0.1, 0.15) is 31.7 Å². The van der Waals surface area contributed by atoms with E-state index in [1.54, 1.807) is 13.8 Å². The van der Waals surface area contributed by atoms with E-state index in [1.165, 1.54) is 0 Å². The Balaban J connectivity index is 2.38. The van der Waals surface area contributed by atoms with Crippen LogP contribution >= 0.6 is 12.2 Å². The summed E-state index contributed by atoms with van der Waals surface area (Å²) in [6.45, 7) is 8.82. The molecule has 0 unspecified atom stereocenters. The number of nitrogens with zero attached hydrogens (tertiary/aromatic N) is 2. The molecule has 5 nitrogen and oxygen atoms in total. The Kier molecular flexibility index (Phi) is 5.05. The van der Waals surface area contributed by atoms with Crippen LogP contribution < -0.4 is 11.1 Å². The number of carbonyl (C=O) groups is 1. The Morgan fingerprint density at radius 1 is 1.53 bits per heavy atom. The summed E-state index contributed by atoms with van der Waals surface area (Å²) in [6.07, 6.45) is 0.821. The van der Waals surface area contributed by atoms with Gasteiger partial charge in [0.25, 0.3) is 0 Å². The molecular formula is C13H22N4OS. The largest absolute Gasteiger partial charge is 0.392 e. The van der Waals surface area contributed by atoms with Crippen LogP contribution in [-0.4, -0.2) is 27.2 Å². The van der Waals surface area contributed by atoms with Crippen molar-refractivity contribution >= 4 is 23.1 Å². The molecule has 0 saturated heterocycles. The van der Waals surface area contributed by atoms with E-state index in [4.69, 9.17) is 18.0 Å². The normalized spacial score (nSPS) is 11.4. The van der Waals surface area contributed by atoms with Gasteiger partial charge in [-0.2, -0.15) is 5.10 Å². The van der Waals surface area contributed by atoms with Gasteiger partial charge in [0.1, 0.15) is 0 Å². The Labute approximate surface area is 119 Å². The smallest absolute Gasteiger partial charge is 0.232 e. The zero-order valence-electron chi connectivity index (χ0n) is 12.0. The molecule has 19 heavy (non-hydrogen) atoms. The van der Waals surface area contributed by atoms with Crippen molar-refractivity contribution in [3.05, 3.63) is 17.5 Å². The van der Waals surface area contributed by atoms with Crippen molar-refractivity contribution in [3.63, 3.8) is 0 Å². The van der Waals surface area contributed by atoms with Crippen LogP contribution in [0.2, 0.25) is 0 Å². The van der Waals surface area contributed by atoms with Gasteiger partial charge in [-0.3, -0.25) is 9.48 Å². The predicted octanol–water partition coefficient (Wildman–Crippen LogP) is 1.32. The maximum atomic E-state index is 11.9. The highest BCUT2D eigenvalue weighted by atomic mass is 32.1. The zero-order valence-corrected chi connectivity index (χ0v) is 12.8. The Hall–Kier alpha value is -1.43. The highest BCUT2D eigenvalue weighted by Crippen LogP contribution is 2.15. The molecule has 0 atom stereocenters. The molecule has 0 spiro atoms. The SMILES string of the molecule is Cc1cc(C)n(CCCNC(=O)C(C)(C)C(N)=S)n1. The zero-order chi connectivity index (χ0) is 14.6. The number of aromatic nitrogens is 2. The number of carbonyl (C=O) groups excluding carboxylic acids is 1. The number of aryl methyl sites for hydroxylation is 3. The van der Waals surface area contributed by atoms with Crippen LogP contribution in [-0.2, 0) is 11.3 Å². The molecule has 0 bridgehead atoms. The fourth-order valence-electron chi connectivity index (χ4n) is 1.66. The first kappa shape index (κ1) is 15.6. The number of rotatable bonds is 6. The summed E-state index contributed by atoms with van der Waals surface area (Å²) in [7, 11) is 0. The maximum Gasteiger partial charge on any atom is 0.232 e. The van der Waals surface area contributed by atoms with Crippen LogP contribution in [0, 0.1) is 19.3 Å². The molecule has 0 radical (unpaired) electrons. The maximum absolute atomic E-state index is 11.9. The van der Waals surface area contributed by atoms with Crippen LogP contribution in [0.5, 0.6) is 0 Å². The number of amides is 1. The van der Waals surface area contributed by atoms with Crippen molar-refractivity contribution in [1.82, 2.24) is 15.1 Å². The molecule has 1 amide bonds. The van der Waals surface area contributed by atoms with Gasteiger partial charge in [-0.25, -0.2) is 0 Å². The summed E-state index contributed by atoms with van der Waals surface area (Å²) in [6, 6.07) is 2.04. The third-order valence-corrected chi connectivity index (χ3v) is 3.63. The summed E-state index contributed by atoms with van der Waals surface area (Å²) in [4.78, 5) is 12.1. The Morgan fingerprint density at radius 2 is 2.16 bits per heavy atom. The molecule has 1 aromatic rings. The minimum absolute atomic E-state index is 0.131. The van der Waals surface area contributed by atoms with Gasteiger partial charge in [0.05, 0.1) is 16.1 Å².